The number of hydrogen-bond donors (Lipinski definition) is 0. The molecule has 6 nitrogen and oxygen atoms in total. The Morgan fingerprint density at radius 3 is 2.77 bits per heavy atom. The van der Waals surface area contributed by atoms with Gasteiger partial charge in [-0.3, -0.25) is 4.79 Å². The molecular weight excluding hydrogens is 286 g/mol. The molecule has 1 aliphatic heterocycles. The highest BCUT2D eigenvalue weighted by molar-refractivity contribution is 6.16. The summed E-state index contributed by atoms with van der Waals surface area (Å²) in [5.41, 5.74) is 1.16. The summed E-state index contributed by atoms with van der Waals surface area (Å²) in [6.07, 6.45) is 3.76. The number of furan rings is 1. The van der Waals surface area contributed by atoms with E-state index in [1.165, 1.54) is 13.4 Å². The first-order chi connectivity index (χ1) is 10.6. The number of methoxy groups -OCH3 is 2. The third-order valence-electron chi connectivity index (χ3n) is 3.46. The average molecular weight is 305 g/mol. The largest absolute Gasteiger partial charge is 0.465 e. The van der Waals surface area contributed by atoms with Crippen molar-refractivity contribution in [1.29, 1.82) is 0 Å². The molecule has 0 unspecified atom stereocenters. The Morgan fingerprint density at radius 2 is 2.18 bits per heavy atom. The lowest BCUT2D eigenvalue weighted by molar-refractivity contribution is -0.136. The summed E-state index contributed by atoms with van der Waals surface area (Å²) in [4.78, 5) is 26.2. The van der Waals surface area contributed by atoms with E-state index in [1.54, 1.807) is 37.1 Å². The van der Waals surface area contributed by atoms with Gasteiger partial charge >= 0.3 is 5.97 Å². The summed E-state index contributed by atoms with van der Waals surface area (Å²) in [5, 5.41) is 0. The van der Waals surface area contributed by atoms with E-state index >= 15 is 0 Å². The Kier molecular flexibility index (Phi) is 5.16. The van der Waals surface area contributed by atoms with Gasteiger partial charge in [0.15, 0.2) is 0 Å². The van der Waals surface area contributed by atoms with E-state index in [4.69, 9.17) is 13.9 Å². The Labute approximate surface area is 129 Å². The Hall–Kier alpha value is -2.34. The molecule has 0 saturated carbocycles. The van der Waals surface area contributed by atoms with Crippen molar-refractivity contribution >= 4 is 18.0 Å². The molecule has 1 amide bonds. The van der Waals surface area contributed by atoms with Crippen molar-refractivity contribution < 1.29 is 23.5 Å². The molecule has 118 valence electrons. The molecule has 2 rings (SSSR count). The normalized spacial score (nSPS) is 16.8. The summed E-state index contributed by atoms with van der Waals surface area (Å²) < 4.78 is 15.0. The van der Waals surface area contributed by atoms with Crippen LogP contribution in [0.3, 0.4) is 0 Å². The van der Waals surface area contributed by atoms with Crippen LogP contribution in [-0.4, -0.2) is 44.1 Å². The zero-order valence-corrected chi connectivity index (χ0v) is 12.9. The van der Waals surface area contributed by atoms with Gasteiger partial charge in [-0.1, -0.05) is 0 Å². The summed E-state index contributed by atoms with van der Waals surface area (Å²) in [5.74, 6) is -0.250. The second kappa shape index (κ2) is 7.09. The Balaban J connectivity index is 2.36. The molecule has 6 heteroatoms. The molecule has 22 heavy (non-hydrogen) atoms. The van der Waals surface area contributed by atoms with Crippen LogP contribution in [0, 0.1) is 0 Å². The first-order valence-electron chi connectivity index (χ1n) is 6.95. The Bertz CT molecular complexity index is 612. The summed E-state index contributed by atoms with van der Waals surface area (Å²) in [7, 11) is 2.90. The molecule has 0 aromatic carbocycles. The maximum atomic E-state index is 12.6. The van der Waals surface area contributed by atoms with Crippen LogP contribution in [0.1, 0.15) is 19.1 Å². The zero-order chi connectivity index (χ0) is 16.1. The van der Waals surface area contributed by atoms with Crippen molar-refractivity contribution in [1.82, 2.24) is 4.90 Å². The molecule has 0 saturated heterocycles. The predicted molar refractivity (Wildman–Crippen MR) is 79.6 cm³/mol. The molecule has 0 spiro atoms. The smallest absolute Gasteiger partial charge is 0.340 e. The van der Waals surface area contributed by atoms with Gasteiger partial charge in [-0.05, 0) is 31.6 Å². The minimum absolute atomic E-state index is 0.231. The highest BCUT2D eigenvalue weighted by atomic mass is 16.5. The van der Waals surface area contributed by atoms with Crippen LogP contribution >= 0.6 is 0 Å². The van der Waals surface area contributed by atoms with E-state index in [-0.39, 0.29) is 17.1 Å². The summed E-state index contributed by atoms with van der Waals surface area (Å²) in [6, 6.07) is 3.44. The van der Waals surface area contributed by atoms with E-state index in [0.29, 0.717) is 31.0 Å². The van der Waals surface area contributed by atoms with Gasteiger partial charge in [0.2, 0.25) is 0 Å². The number of rotatable bonds is 6. The SMILES string of the molecule is COCCCN1C(=O)/C(=C\c2ccco2)C(C(=O)OC)=C1C. The van der Waals surface area contributed by atoms with Gasteiger partial charge in [0, 0.05) is 26.0 Å². The number of allylic oxidation sites excluding steroid dienone is 1. The molecule has 0 atom stereocenters. The monoisotopic (exact) mass is 305 g/mol. The number of amides is 1. The molecule has 1 aliphatic rings. The molecule has 2 heterocycles. The van der Waals surface area contributed by atoms with Gasteiger partial charge in [-0.2, -0.15) is 0 Å². The van der Waals surface area contributed by atoms with Crippen LogP contribution in [0.5, 0.6) is 0 Å². The first kappa shape index (κ1) is 16.0. The fourth-order valence-electron chi connectivity index (χ4n) is 2.38. The lowest BCUT2D eigenvalue weighted by Gasteiger charge is -2.17. The van der Waals surface area contributed by atoms with Gasteiger partial charge in [0.1, 0.15) is 5.76 Å². The third kappa shape index (κ3) is 3.12. The molecule has 0 bridgehead atoms. The second-order valence-electron chi connectivity index (χ2n) is 4.83. The van der Waals surface area contributed by atoms with Crippen LogP contribution in [-0.2, 0) is 19.1 Å². The van der Waals surface area contributed by atoms with Gasteiger partial charge in [0.25, 0.3) is 5.91 Å². The number of hydrogen-bond acceptors (Lipinski definition) is 5. The molecule has 1 aromatic rings. The number of nitrogens with zero attached hydrogens (tertiary/aromatic N) is 1. The average Bonchev–Trinajstić information content (AvgIpc) is 3.09. The van der Waals surface area contributed by atoms with Gasteiger partial charge in [0.05, 0.1) is 24.5 Å². The first-order valence-corrected chi connectivity index (χ1v) is 6.95. The number of esters is 1. The molecule has 1 aromatic heterocycles. The van der Waals surface area contributed by atoms with Gasteiger partial charge < -0.3 is 18.8 Å². The van der Waals surface area contributed by atoms with Crippen LogP contribution in [0.25, 0.3) is 6.08 Å². The van der Waals surface area contributed by atoms with Crippen LogP contribution in [0.2, 0.25) is 0 Å². The molecular formula is C16H19NO5. The molecule has 0 fully saturated rings. The molecule has 0 radical (unpaired) electrons. The predicted octanol–water partition coefficient (Wildman–Crippen LogP) is 1.99. The van der Waals surface area contributed by atoms with E-state index < -0.39 is 5.97 Å². The van der Waals surface area contributed by atoms with Crippen molar-refractivity contribution in [3.8, 4) is 0 Å². The number of ether oxygens (including phenoxy) is 2. The van der Waals surface area contributed by atoms with Crippen molar-refractivity contribution in [3.63, 3.8) is 0 Å². The lowest BCUT2D eigenvalue weighted by atomic mass is 10.1. The highest BCUT2D eigenvalue weighted by Gasteiger charge is 2.36. The van der Waals surface area contributed by atoms with Crippen molar-refractivity contribution in [2.45, 2.75) is 13.3 Å². The second-order valence-corrected chi connectivity index (χ2v) is 4.83. The van der Waals surface area contributed by atoms with Gasteiger partial charge in [-0.15, -0.1) is 0 Å². The minimum Gasteiger partial charge on any atom is -0.465 e. The standard InChI is InChI=1S/C16H19NO5/c1-11-14(16(19)21-3)13(10-12-6-4-9-22-12)15(18)17(11)7-5-8-20-2/h4,6,9-10H,5,7-8H2,1-3H3/b13-10-. The maximum absolute atomic E-state index is 12.6. The van der Waals surface area contributed by atoms with E-state index in [0.717, 1.165) is 0 Å². The minimum atomic E-state index is -0.530. The summed E-state index contributed by atoms with van der Waals surface area (Å²) >= 11 is 0. The molecule has 0 N–H and O–H groups in total. The van der Waals surface area contributed by atoms with Crippen LogP contribution in [0.4, 0.5) is 0 Å². The van der Waals surface area contributed by atoms with E-state index in [9.17, 15) is 9.59 Å². The fourth-order valence-corrected chi connectivity index (χ4v) is 2.38. The third-order valence-corrected chi connectivity index (χ3v) is 3.46. The number of carbonyl (C=O) groups is 2. The molecule has 0 aliphatic carbocycles. The lowest BCUT2D eigenvalue weighted by Crippen LogP contribution is -2.26. The quantitative estimate of drug-likeness (QED) is 0.457. The zero-order valence-electron chi connectivity index (χ0n) is 12.9. The van der Waals surface area contributed by atoms with Crippen LogP contribution in [0.15, 0.2) is 39.7 Å². The van der Waals surface area contributed by atoms with Crippen molar-refractivity contribution in [3.05, 3.63) is 41.0 Å². The topological polar surface area (TPSA) is 69.0 Å². The highest BCUT2D eigenvalue weighted by Crippen LogP contribution is 2.31. The van der Waals surface area contributed by atoms with Gasteiger partial charge in [-0.25, -0.2) is 4.79 Å². The van der Waals surface area contributed by atoms with E-state index in [1.807, 2.05) is 0 Å². The summed E-state index contributed by atoms with van der Waals surface area (Å²) in [6.45, 7) is 2.76. The Morgan fingerprint density at radius 1 is 1.41 bits per heavy atom. The van der Waals surface area contributed by atoms with Crippen LogP contribution < -0.4 is 0 Å². The fraction of sp³-hybridized carbons (Fsp3) is 0.375. The van der Waals surface area contributed by atoms with E-state index in [2.05, 4.69) is 0 Å². The van der Waals surface area contributed by atoms with Crippen molar-refractivity contribution in [2.24, 2.45) is 0 Å². The maximum Gasteiger partial charge on any atom is 0.340 e. The van der Waals surface area contributed by atoms with Crippen molar-refractivity contribution in [2.75, 3.05) is 27.4 Å². The number of carbonyl (C=O) groups excluding carboxylic acids is 2.